The topological polar surface area (TPSA) is 46.2 Å². The van der Waals surface area contributed by atoms with Gasteiger partial charge < -0.3 is 0 Å². The van der Waals surface area contributed by atoms with E-state index in [1.165, 1.54) is 0 Å². The average molecular weight is 256 g/mol. The van der Waals surface area contributed by atoms with Crippen LogP contribution in [0.4, 0.5) is 0 Å². The largest absolute Gasteiger partial charge is 0.215 e. The smallest absolute Gasteiger partial charge is 0.211 e. The Morgan fingerprint density at radius 1 is 1.50 bits per heavy atom. The van der Waals surface area contributed by atoms with Gasteiger partial charge in [0.15, 0.2) is 0 Å². The molecular weight excluding hydrogens is 242 g/mol. The molecule has 0 bridgehead atoms. The van der Waals surface area contributed by atoms with Crippen molar-refractivity contribution in [2.75, 3.05) is 17.6 Å². The zero-order chi connectivity index (χ0) is 9.24. The van der Waals surface area contributed by atoms with E-state index in [9.17, 15) is 8.42 Å². The zero-order valence-corrected chi connectivity index (χ0v) is 9.54. The van der Waals surface area contributed by atoms with Gasteiger partial charge in [-0.15, -0.1) is 0 Å². The van der Waals surface area contributed by atoms with Crippen LogP contribution in [-0.4, -0.2) is 26.0 Å². The van der Waals surface area contributed by atoms with Crippen molar-refractivity contribution in [2.24, 2.45) is 5.41 Å². The summed E-state index contributed by atoms with van der Waals surface area (Å²) < 4.78 is 24.7. The minimum absolute atomic E-state index is 0.172. The number of halogens is 1. The molecule has 72 valence electrons. The molecule has 1 fully saturated rings. The molecule has 1 N–H and O–H groups in total. The lowest BCUT2D eigenvalue weighted by Crippen LogP contribution is -2.32. The minimum Gasteiger partial charge on any atom is -0.215 e. The van der Waals surface area contributed by atoms with Crippen LogP contribution in [0.1, 0.15) is 19.8 Å². The number of hydrogen-bond acceptors (Lipinski definition) is 2. The lowest BCUT2D eigenvalue weighted by molar-refractivity contribution is 0.539. The normalized spacial score (nSPS) is 20.8. The summed E-state index contributed by atoms with van der Waals surface area (Å²) in [6, 6.07) is 0. The van der Waals surface area contributed by atoms with Gasteiger partial charge in [0.05, 0.1) is 5.75 Å². The van der Waals surface area contributed by atoms with E-state index >= 15 is 0 Å². The monoisotopic (exact) mass is 255 g/mol. The average Bonchev–Trinajstić information content (AvgIpc) is 2.82. The van der Waals surface area contributed by atoms with Gasteiger partial charge in [0.2, 0.25) is 10.0 Å². The number of nitrogens with one attached hydrogen (secondary N) is 1. The first-order chi connectivity index (χ1) is 5.54. The van der Waals surface area contributed by atoms with E-state index in [1.54, 1.807) is 6.92 Å². The Bertz CT molecular complexity index is 246. The second kappa shape index (κ2) is 3.64. The van der Waals surface area contributed by atoms with Gasteiger partial charge in [0.25, 0.3) is 0 Å². The van der Waals surface area contributed by atoms with Gasteiger partial charge in [0.1, 0.15) is 0 Å². The highest BCUT2D eigenvalue weighted by atomic mass is 79.9. The summed E-state index contributed by atoms with van der Waals surface area (Å²) in [4.78, 5) is 0. The summed E-state index contributed by atoms with van der Waals surface area (Å²) in [7, 11) is -2.99. The van der Waals surface area contributed by atoms with Crippen LogP contribution in [0.3, 0.4) is 0 Å². The molecule has 0 amide bonds. The number of hydrogen-bond donors (Lipinski definition) is 1. The van der Waals surface area contributed by atoms with E-state index in [-0.39, 0.29) is 11.2 Å². The van der Waals surface area contributed by atoms with Crippen molar-refractivity contribution in [2.45, 2.75) is 19.8 Å². The van der Waals surface area contributed by atoms with Gasteiger partial charge in [0, 0.05) is 11.9 Å². The highest BCUT2D eigenvalue weighted by Crippen LogP contribution is 2.46. The van der Waals surface area contributed by atoms with Gasteiger partial charge in [-0.3, -0.25) is 0 Å². The van der Waals surface area contributed by atoms with E-state index < -0.39 is 10.0 Å². The fourth-order valence-electron chi connectivity index (χ4n) is 0.900. The molecule has 1 saturated carbocycles. The van der Waals surface area contributed by atoms with E-state index in [1.807, 2.05) is 0 Å². The zero-order valence-electron chi connectivity index (χ0n) is 7.14. The lowest BCUT2D eigenvalue weighted by Gasteiger charge is -2.11. The van der Waals surface area contributed by atoms with Crippen molar-refractivity contribution >= 4 is 26.0 Å². The summed E-state index contributed by atoms with van der Waals surface area (Å²) in [6.07, 6.45) is 2.26. The molecule has 0 aromatic heterocycles. The van der Waals surface area contributed by atoms with Gasteiger partial charge in [-0.05, 0) is 25.2 Å². The van der Waals surface area contributed by atoms with E-state index in [2.05, 4.69) is 20.7 Å². The number of sulfonamides is 1. The predicted molar refractivity (Wildman–Crippen MR) is 52.9 cm³/mol. The highest BCUT2D eigenvalue weighted by Gasteiger charge is 2.41. The molecule has 0 aromatic rings. The van der Waals surface area contributed by atoms with Crippen molar-refractivity contribution in [3.05, 3.63) is 0 Å². The molecule has 1 rings (SSSR count). The van der Waals surface area contributed by atoms with Crippen LogP contribution in [-0.2, 0) is 10.0 Å². The van der Waals surface area contributed by atoms with Crippen LogP contribution in [0, 0.1) is 5.41 Å². The molecule has 0 heterocycles. The van der Waals surface area contributed by atoms with Crippen LogP contribution >= 0.6 is 15.9 Å². The first-order valence-electron chi connectivity index (χ1n) is 4.07. The highest BCUT2D eigenvalue weighted by molar-refractivity contribution is 9.09. The molecule has 12 heavy (non-hydrogen) atoms. The Labute approximate surface area is 82.1 Å². The number of alkyl halides is 1. The summed E-state index contributed by atoms with van der Waals surface area (Å²) in [6.45, 7) is 2.24. The molecule has 0 atom stereocenters. The Balaban J connectivity index is 2.35. The molecule has 0 spiro atoms. The lowest BCUT2D eigenvalue weighted by atomic mass is 10.1. The Morgan fingerprint density at radius 2 is 2.08 bits per heavy atom. The summed E-state index contributed by atoms with van der Waals surface area (Å²) in [5, 5.41) is 0.895. The fourth-order valence-corrected chi connectivity index (χ4v) is 2.39. The van der Waals surface area contributed by atoms with Crippen LogP contribution in [0.5, 0.6) is 0 Å². The van der Waals surface area contributed by atoms with Crippen LogP contribution in [0.15, 0.2) is 0 Å². The van der Waals surface area contributed by atoms with E-state index in [0.717, 1.165) is 18.2 Å². The van der Waals surface area contributed by atoms with Crippen molar-refractivity contribution in [1.82, 2.24) is 4.72 Å². The Kier molecular flexibility index (Phi) is 3.17. The summed E-state index contributed by atoms with van der Waals surface area (Å²) in [5.41, 5.74) is 0.224. The fraction of sp³-hybridized carbons (Fsp3) is 1.00. The van der Waals surface area contributed by atoms with E-state index in [0.29, 0.717) is 6.54 Å². The molecule has 5 heteroatoms. The standard InChI is InChI=1S/C7H14BrNO2S/c1-2-12(10,11)9-6-7(5-8)3-4-7/h9H,2-6H2,1H3. The van der Waals surface area contributed by atoms with Crippen LogP contribution in [0.2, 0.25) is 0 Å². The molecule has 0 aliphatic heterocycles. The van der Waals surface area contributed by atoms with Crippen molar-refractivity contribution in [3.63, 3.8) is 0 Å². The van der Waals surface area contributed by atoms with Gasteiger partial charge >= 0.3 is 0 Å². The number of rotatable bonds is 5. The maximum Gasteiger partial charge on any atom is 0.211 e. The quantitative estimate of drug-likeness (QED) is 0.749. The van der Waals surface area contributed by atoms with Crippen LogP contribution < -0.4 is 4.72 Å². The first-order valence-corrected chi connectivity index (χ1v) is 6.84. The van der Waals surface area contributed by atoms with Crippen molar-refractivity contribution in [3.8, 4) is 0 Å². The molecule has 0 radical (unpaired) electrons. The molecular formula is C7H14BrNO2S. The molecule has 1 aliphatic carbocycles. The van der Waals surface area contributed by atoms with Crippen molar-refractivity contribution in [1.29, 1.82) is 0 Å². The third kappa shape index (κ3) is 2.71. The third-order valence-corrected chi connectivity index (χ3v) is 4.82. The van der Waals surface area contributed by atoms with Gasteiger partial charge in [-0.2, -0.15) is 0 Å². The van der Waals surface area contributed by atoms with Crippen LogP contribution in [0.25, 0.3) is 0 Å². The van der Waals surface area contributed by atoms with Gasteiger partial charge in [-0.1, -0.05) is 15.9 Å². The minimum atomic E-state index is -2.99. The molecule has 1 aliphatic rings. The SMILES string of the molecule is CCS(=O)(=O)NCC1(CBr)CC1. The molecule has 0 unspecified atom stereocenters. The second-order valence-electron chi connectivity index (χ2n) is 3.36. The molecule has 0 saturated heterocycles. The first kappa shape index (κ1) is 10.5. The maximum atomic E-state index is 11.1. The molecule has 3 nitrogen and oxygen atoms in total. The van der Waals surface area contributed by atoms with E-state index in [4.69, 9.17) is 0 Å². The molecule has 0 aromatic carbocycles. The maximum absolute atomic E-state index is 11.1. The predicted octanol–water partition coefficient (Wildman–Crippen LogP) is 1.10. The summed E-state index contributed by atoms with van der Waals surface area (Å²) in [5.74, 6) is 0.172. The third-order valence-electron chi connectivity index (χ3n) is 2.29. The summed E-state index contributed by atoms with van der Waals surface area (Å²) >= 11 is 3.39. The van der Waals surface area contributed by atoms with Gasteiger partial charge in [-0.25, -0.2) is 13.1 Å². The second-order valence-corrected chi connectivity index (χ2v) is 6.01. The Morgan fingerprint density at radius 3 is 2.42 bits per heavy atom. The Hall–Kier alpha value is 0.390. The van der Waals surface area contributed by atoms with Crippen molar-refractivity contribution < 1.29 is 8.42 Å².